The largest absolute Gasteiger partial charge is 0.329 e. The minimum absolute atomic E-state index is 0.366. The molecule has 1 heterocycles. The van der Waals surface area contributed by atoms with E-state index >= 15 is 0 Å². The molecule has 2 aliphatic rings. The lowest BCUT2D eigenvalue weighted by Crippen LogP contribution is -2.33. The SMILES string of the molecule is CCc1ccc(C(CN)NCC(C2CC2)C2CC2)s1. The first-order chi connectivity index (χ1) is 9.31. The van der Waals surface area contributed by atoms with Crippen LogP contribution < -0.4 is 11.1 Å². The van der Waals surface area contributed by atoms with Gasteiger partial charge in [0, 0.05) is 16.3 Å². The van der Waals surface area contributed by atoms with Gasteiger partial charge in [0.25, 0.3) is 0 Å². The van der Waals surface area contributed by atoms with Gasteiger partial charge >= 0.3 is 0 Å². The molecule has 3 N–H and O–H groups in total. The number of nitrogens with two attached hydrogens (primary N) is 1. The minimum Gasteiger partial charge on any atom is -0.329 e. The highest BCUT2D eigenvalue weighted by Crippen LogP contribution is 2.49. The summed E-state index contributed by atoms with van der Waals surface area (Å²) in [5.41, 5.74) is 5.97. The Balaban J connectivity index is 1.56. The summed E-state index contributed by atoms with van der Waals surface area (Å²) in [6.45, 7) is 4.11. The molecule has 0 saturated heterocycles. The second-order valence-electron chi connectivity index (χ2n) is 6.19. The molecule has 2 saturated carbocycles. The smallest absolute Gasteiger partial charge is 0.0539 e. The molecule has 2 nitrogen and oxygen atoms in total. The van der Waals surface area contributed by atoms with Crippen molar-refractivity contribution < 1.29 is 0 Å². The molecule has 0 spiro atoms. The highest BCUT2D eigenvalue weighted by Gasteiger charge is 2.41. The van der Waals surface area contributed by atoms with Crippen LogP contribution in [-0.4, -0.2) is 13.1 Å². The first kappa shape index (κ1) is 13.6. The van der Waals surface area contributed by atoms with Crippen LogP contribution in [0.4, 0.5) is 0 Å². The van der Waals surface area contributed by atoms with Crippen molar-refractivity contribution in [3.8, 4) is 0 Å². The fourth-order valence-electron chi connectivity index (χ4n) is 3.12. The topological polar surface area (TPSA) is 38.0 Å². The maximum Gasteiger partial charge on any atom is 0.0539 e. The summed E-state index contributed by atoms with van der Waals surface area (Å²) in [6, 6.07) is 4.88. The molecule has 3 rings (SSSR count). The Hall–Kier alpha value is -0.380. The molecule has 19 heavy (non-hydrogen) atoms. The van der Waals surface area contributed by atoms with E-state index in [4.69, 9.17) is 5.73 Å². The van der Waals surface area contributed by atoms with E-state index in [0.29, 0.717) is 12.6 Å². The van der Waals surface area contributed by atoms with E-state index in [-0.39, 0.29) is 0 Å². The van der Waals surface area contributed by atoms with Crippen LogP contribution in [0.5, 0.6) is 0 Å². The first-order valence-electron chi connectivity index (χ1n) is 7.83. The number of hydrogen-bond acceptors (Lipinski definition) is 3. The van der Waals surface area contributed by atoms with E-state index in [0.717, 1.165) is 24.2 Å². The predicted octanol–water partition coefficient (Wildman–Crippen LogP) is 3.34. The van der Waals surface area contributed by atoms with E-state index in [2.05, 4.69) is 24.4 Å². The molecule has 106 valence electrons. The lowest BCUT2D eigenvalue weighted by atomic mass is 9.97. The van der Waals surface area contributed by atoms with Crippen LogP contribution in [0.2, 0.25) is 0 Å². The molecule has 0 aliphatic heterocycles. The van der Waals surface area contributed by atoms with Gasteiger partial charge in [-0.3, -0.25) is 0 Å². The normalized spacial score (nSPS) is 21.0. The molecule has 1 atom stereocenters. The van der Waals surface area contributed by atoms with Crippen molar-refractivity contribution in [2.75, 3.05) is 13.1 Å². The molecule has 0 amide bonds. The lowest BCUT2D eigenvalue weighted by molar-refractivity contribution is 0.359. The van der Waals surface area contributed by atoms with Crippen LogP contribution in [0.1, 0.15) is 48.4 Å². The molecule has 0 bridgehead atoms. The highest BCUT2D eigenvalue weighted by atomic mass is 32.1. The molecule has 1 aromatic heterocycles. The molecule has 3 heteroatoms. The average molecular weight is 278 g/mol. The van der Waals surface area contributed by atoms with E-state index < -0.39 is 0 Å². The van der Waals surface area contributed by atoms with Crippen molar-refractivity contribution in [3.05, 3.63) is 21.9 Å². The summed E-state index contributed by atoms with van der Waals surface area (Å²) in [5.74, 6) is 2.97. The maximum atomic E-state index is 5.97. The summed E-state index contributed by atoms with van der Waals surface area (Å²) >= 11 is 1.92. The van der Waals surface area contributed by atoms with E-state index in [1.807, 2.05) is 11.3 Å². The van der Waals surface area contributed by atoms with Crippen LogP contribution in [0.3, 0.4) is 0 Å². The van der Waals surface area contributed by atoms with Gasteiger partial charge in [0.1, 0.15) is 0 Å². The summed E-state index contributed by atoms with van der Waals surface area (Å²) in [4.78, 5) is 2.89. The van der Waals surface area contributed by atoms with Crippen molar-refractivity contribution in [1.82, 2.24) is 5.32 Å². The monoisotopic (exact) mass is 278 g/mol. The van der Waals surface area contributed by atoms with Gasteiger partial charge in [0.05, 0.1) is 6.04 Å². The summed E-state index contributed by atoms with van der Waals surface area (Å²) < 4.78 is 0. The van der Waals surface area contributed by atoms with E-state index in [1.165, 1.54) is 42.0 Å². The van der Waals surface area contributed by atoms with Crippen molar-refractivity contribution in [3.63, 3.8) is 0 Å². The summed E-state index contributed by atoms with van der Waals surface area (Å²) in [7, 11) is 0. The standard InChI is InChI=1S/C16H26N2S/c1-2-13-7-8-16(19-13)15(9-17)18-10-14(11-3-4-11)12-5-6-12/h7-8,11-12,14-15,18H,2-6,9-10,17H2,1H3. The zero-order chi connectivity index (χ0) is 13.2. The Morgan fingerprint density at radius 3 is 2.42 bits per heavy atom. The molecular weight excluding hydrogens is 252 g/mol. The number of hydrogen-bond donors (Lipinski definition) is 2. The molecule has 2 fully saturated rings. The van der Waals surface area contributed by atoms with Crippen molar-refractivity contribution >= 4 is 11.3 Å². The third kappa shape index (κ3) is 3.39. The van der Waals surface area contributed by atoms with Gasteiger partial charge < -0.3 is 11.1 Å². The lowest BCUT2D eigenvalue weighted by Gasteiger charge is -2.21. The number of rotatable bonds is 8. The Morgan fingerprint density at radius 1 is 1.26 bits per heavy atom. The quantitative estimate of drug-likeness (QED) is 0.765. The number of nitrogens with one attached hydrogen (secondary N) is 1. The van der Waals surface area contributed by atoms with E-state index in [1.54, 1.807) is 0 Å². The Bertz CT molecular complexity index is 395. The van der Waals surface area contributed by atoms with E-state index in [9.17, 15) is 0 Å². The van der Waals surface area contributed by atoms with Crippen LogP contribution in [0.15, 0.2) is 12.1 Å². The van der Waals surface area contributed by atoms with Gasteiger partial charge in [0.2, 0.25) is 0 Å². The number of aryl methyl sites for hydroxylation is 1. The van der Waals surface area contributed by atoms with Crippen LogP contribution >= 0.6 is 11.3 Å². The zero-order valence-electron chi connectivity index (χ0n) is 11.9. The highest BCUT2D eigenvalue weighted by molar-refractivity contribution is 7.12. The Kier molecular flexibility index (Phi) is 4.25. The van der Waals surface area contributed by atoms with Crippen molar-refractivity contribution in [2.45, 2.75) is 45.1 Å². The zero-order valence-corrected chi connectivity index (χ0v) is 12.7. The summed E-state index contributed by atoms with van der Waals surface area (Å²) in [6.07, 6.45) is 7.00. The van der Waals surface area contributed by atoms with Gasteiger partial charge in [-0.05, 0) is 68.5 Å². The van der Waals surface area contributed by atoms with Crippen LogP contribution in [0.25, 0.3) is 0 Å². The second kappa shape index (κ2) is 5.94. The second-order valence-corrected chi connectivity index (χ2v) is 7.39. The molecule has 1 aromatic rings. The Labute approximate surface area is 120 Å². The molecular formula is C16H26N2S. The maximum absolute atomic E-state index is 5.97. The van der Waals surface area contributed by atoms with Gasteiger partial charge in [0.15, 0.2) is 0 Å². The fourth-order valence-corrected chi connectivity index (χ4v) is 4.16. The van der Waals surface area contributed by atoms with Gasteiger partial charge in [-0.25, -0.2) is 0 Å². The van der Waals surface area contributed by atoms with Crippen LogP contribution in [-0.2, 0) is 6.42 Å². The number of thiophene rings is 1. The minimum atomic E-state index is 0.366. The Morgan fingerprint density at radius 2 is 1.95 bits per heavy atom. The molecule has 2 aliphatic carbocycles. The molecule has 0 aromatic carbocycles. The predicted molar refractivity (Wildman–Crippen MR) is 82.4 cm³/mol. The van der Waals surface area contributed by atoms with Gasteiger partial charge in [-0.1, -0.05) is 6.92 Å². The average Bonchev–Trinajstić information content (AvgIpc) is 3.35. The molecule has 1 unspecified atom stereocenters. The third-order valence-corrected chi connectivity index (χ3v) is 6.01. The first-order valence-corrected chi connectivity index (χ1v) is 8.65. The van der Waals surface area contributed by atoms with Crippen molar-refractivity contribution in [1.29, 1.82) is 0 Å². The van der Waals surface area contributed by atoms with Gasteiger partial charge in [-0.2, -0.15) is 0 Å². The molecule has 0 radical (unpaired) electrons. The summed E-state index contributed by atoms with van der Waals surface area (Å²) in [5, 5.41) is 3.75. The fraction of sp³-hybridized carbons (Fsp3) is 0.750. The third-order valence-electron chi connectivity index (χ3n) is 4.67. The van der Waals surface area contributed by atoms with Crippen molar-refractivity contribution in [2.24, 2.45) is 23.5 Å². The van der Waals surface area contributed by atoms with Gasteiger partial charge in [-0.15, -0.1) is 11.3 Å². The van der Waals surface area contributed by atoms with Crippen LogP contribution in [0, 0.1) is 17.8 Å².